The molecule has 1 aliphatic rings. The number of aromatic nitrogens is 4. The van der Waals surface area contributed by atoms with Gasteiger partial charge in [-0.15, -0.1) is 0 Å². The number of halogens is 2. The summed E-state index contributed by atoms with van der Waals surface area (Å²) in [5, 5.41) is 5.93. The third kappa shape index (κ3) is 2.90. The number of fused-ring (bicyclic) bond motifs is 2. The lowest BCUT2D eigenvalue weighted by Gasteiger charge is -2.16. The Labute approximate surface area is 168 Å². The summed E-state index contributed by atoms with van der Waals surface area (Å²) in [5.74, 6) is -0.373. The second-order valence-corrected chi connectivity index (χ2v) is 7.84. The lowest BCUT2D eigenvalue weighted by Crippen LogP contribution is -2.25. The van der Waals surface area contributed by atoms with Gasteiger partial charge in [0, 0.05) is 28.3 Å². The van der Waals surface area contributed by atoms with E-state index in [0.29, 0.717) is 21.9 Å². The van der Waals surface area contributed by atoms with E-state index in [1.54, 1.807) is 23.9 Å². The highest BCUT2D eigenvalue weighted by Gasteiger charge is 2.32. The summed E-state index contributed by atoms with van der Waals surface area (Å²) in [7, 11) is 0. The number of benzene rings is 1. The molecule has 0 radical (unpaired) electrons. The Balaban J connectivity index is 1.90. The molecule has 0 aliphatic carbocycles. The minimum Gasteiger partial charge on any atom is -0.464 e. The zero-order chi connectivity index (χ0) is 18.4. The second kappa shape index (κ2) is 6.83. The predicted octanol–water partition coefficient (Wildman–Crippen LogP) is 4.41. The number of ether oxygens (including phenoxy) is 1. The van der Waals surface area contributed by atoms with Crippen LogP contribution in [0.5, 0.6) is 0 Å². The molecule has 2 aromatic heterocycles. The van der Waals surface area contributed by atoms with Crippen LogP contribution in [0.25, 0.3) is 10.9 Å². The van der Waals surface area contributed by atoms with Gasteiger partial charge in [0.1, 0.15) is 0 Å². The first kappa shape index (κ1) is 17.8. The molecule has 26 heavy (non-hydrogen) atoms. The van der Waals surface area contributed by atoms with Crippen molar-refractivity contribution in [1.82, 2.24) is 19.3 Å². The molecule has 0 saturated heterocycles. The molecule has 0 spiro atoms. The first-order valence-electron chi connectivity index (χ1n) is 8.31. The van der Waals surface area contributed by atoms with E-state index < -0.39 is 6.04 Å². The van der Waals surface area contributed by atoms with E-state index >= 15 is 0 Å². The van der Waals surface area contributed by atoms with Crippen molar-refractivity contribution in [3.05, 3.63) is 44.0 Å². The van der Waals surface area contributed by atoms with Gasteiger partial charge in [0.05, 0.1) is 22.8 Å². The fraction of sp³-hybridized carbons (Fsp3) is 0.353. The second-order valence-electron chi connectivity index (χ2n) is 6.13. The molecule has 1 atom stereocenters. The number of nitrogens with zero attached hydrogens (tertiary/aromatic N) is 3. The summed E-state index contributed by atoms with van der Waals surface area (Å²) in [6.07, 6.45) is 3.66. The van der Waals surface area contributed by atoms with Crippen molar-refractivity contribution in [2.75, 3.05) is 6.61 Å². The molecule has 6 nitrogen and oxygen atoms in total. The first-order valence-corrected chi connectivity index (χ1v) is 9.89. The molecule has 9 heteroatoms. The molecule has 0 saturated carbocycles. The van der Waals surface area contributed by atoms with Gasteiger partial charge in [0.2, 0.25) is 0 Å². The Morgan fingerprint density at radius 1 is 1.54 bits per heavy atom. The molecule has 4 rings (SSSR count). The van der Waals surface area contributed by atoms with E-state index in [2.05, 4.69) is 26.0 Å². The van der Waals surface area contributed by atoms with Gasteiger partial charge in [-0.3, -0.25) is 4.68 Å². The van der Waals surface area contributed by atoms with Gasteiger partial charge in [-0.25, -0.2) is 4.79 Å². The zero-order valence-corrected chi connectivity index (χ0v) is 17.1. The average Bonchev–Trinajstić information content (AvgIpc) is 3.26. The highest BCUT2D eigenvalue weighted by molar-refractivity contribution is 9.10. The topological polar surface area (TPSA) is 64.8 Å². The predicted molar refractivity (Wildman–Crippen MR) is 105 cm³/mol. The maximum Gasteiger partial charge on any atom is 0.337 e. The van der Waals surface area contributed by atoms with Gasteiger partial charge in [0.25, 0.3) is 0 Å². The maximum absolute atomic E-state index is 12.8. The average molecular weight is 456 g/mol. The highest BCUT2D eigenvalue weighted by Crippen LogP contribution is 2.32. The van der Waals surface area contributed by atoms with Gasteiger partial charge in [0.15, 0.2) is 10.8 Å². The number of H-pyrrole nitrogens is 1. The largest absolute Gasteiger partial charge is 0.464 e. The number of nitrogens with one attached hydrogen (secondary N) is 1. The number of hydrogen-bond donors (Lipinski definition) is 1. The number of imidazole rings is 1. The van der Waals surface area contributed by atoms with Crippen LogP contribution < -0.4 is 0 Å². The SMILES string of the molecule is CCOC(=O)C(c1[nH]c(=S)n2c1CCC2)n1cc2c(Cl)cc(Br)cc2n1. The minimum atomic E-state index is -0.728. The fourth-order valence-electron chi connectivity index (χ4n) is 3.44. The number of hydrogen-bond acceptors (Lipinski definition) is 4. The van der Waals surface area contributed by atoms with Crippen LogP contribution in [0.3, 0.4) is 0 Å². The molecule has 3 aromatic rings. The van der Waals surface area contributed by atoms with Crippen LogP contribution in [0.2, 0.25) is 5.02 Å². The Hall–Kier alpha value is -1.64. The van der Waals surface area contributed by atoms with Crippen molar-refractivity contribution in [1.29, 1.82) is 0 Å². The van der Waals surface area contributed by atoms with Gasteiger partial charge in [-0.2, -0.15) is 5.10 Å². The Morgan fingerprint density at radius 3 is 3.12 bits per heavy atom. The number of carbonyl (C=O) groups excluding carboxylic acids is 1. The Morgan fingerprint density at radius 2 is 2.35 bits per heavy atom. The summed E-state index contributed by atoms with van der Waals surface area (Å²) in [5.41, 5.74) is 2.49. The molecule has 1 unspecified atom stereocenters. The van der Waals surface area contributed by atoms with Gasteiger partial charge in [-0.1, -0.05) is 27.5 Å². The fourth-order valence-corrected chi connectivity index (χ4v) is 4.59. The third-order valence-electron chi connectivity index (χ3n) is 4.52. The molecule has 3 heterocycles. The van der Waals surface area contributed by atoms with Crippen molar-refractivity contribution >= 4 is 56.6 Å². The van der Waals surface area contributed by atoms with E-state index in [-0.39, 0.29) is 5.97 Å². The van der Waals surface area contributed by atoms with Gasteiger partial charge >= 0.3 is 5.97 Å². The monoisotopic (exact) mass is 454 g/mol. The Kier molecular flexibility index (Phi) is 4.66. The number of carbonyl (C=O) groups is 1. The van der Waals surface area contributed by atoms with E-state index in [1.807, 2.05) is 10.6 Å². The zero-order valence-electron chi connectivity index (χ0n) is 14.0. The van der Waals surface area contributed by atoms with Crippen LogP contribution in [0, 0.1) is 4.77 Å². The number of aromatic amines is 1. The van der Waals surface area contributed by atoms with E-state index in [0.717, 1.165) is 40.6 Å². The van der Waals surface area contributed by atoms with Gasteiger partial charge in [-0.05, 0) is 44.1 Å². The van der Waals surface area contributed by atoms with E-state index in [9.17, 15) is 4.79 Å². The number of rotatable bonds is 4. The quantitative estimate of drug-likeness (QED) is 0.467. The molecule has 136 valence electrons. The molecular weight excluding hydrogens is 440 g/mol. The standard InChI is InChI=1S/C17H16BrClN4O2S/c1-2-25-16(24)15(14-13-4-3-5-22(13)17(26)20-14)23-8-10-11(19)6-9(18)7-12(10)21-23/h6-8,15H,2-5H2,1H3,(H,20,26). The third-order valence-corrected chi connectivity index (χ3v) is 5.62. The lowest BCUT2D eigenvalue weighted by atomic mass is 10.1. The van der Waals surface area contributed by atoms with Crippen LogP contribution in [-0.2, 0) is 22.5 Å². The minimum absolute atomic E-state index is 0.291. The summed E-state index contributed by atoms with van der Waals surface area (Å²) in [6.45, 7) is 2.94. The summed E-state index contributed by atoms with van der Waals surface area (Å²) < 4.78 is 10.4. The van der Waals surface area contributed by atoms with Crippen LogP contribution in [0.1, 0.15) is 30.8 Å². The van der Waals surface area contributed by atoms with Crippen molar-refractivity contribution in [2.45, 2.75) is 32.4 Å². The van der Waals surface area contributed by atoms with E-state index in [4.69, 9.17) is 28.6 Å². The summed E-state index contributed by atoms with van der Waals surface area (Å²) in [4.78, 5) is 16.0. The van der Waals surface area contributed by atoms with E-state index in [1.165, 1.54) is 0 Å². The molecule has 0 fully saturated rings. The van der Waals surface area contributed by atoms with Crippen molar-refractivity contribution in [3.63, 3.8) is 0 Å². The smallest absolute Gasteiger partial charge is 0.337 e. The first-order chi connectivity index (χ1) is 12.5. The summed E-state index contributed by atoms with van der Waals surface area (Å²) in [6, 6.07) is 2.94. The van der Waals surface area contributed by atoms with Crippen LogP contribution >= 0.6 is 39.7 Å². The normalized spacial score (nSPS) is 14.6. The Bertz CT molecular complexity index is 1070. The number of esters is 1. The van der Waals surface area contributed by atoms with Crippen LogP contribution in [0.4, 0.5) is 0 Å². The van der Waals surface area contributed by atoms with Crippen LogP contribution in [0.15, 0.2) is 22.8 Å². The van der Waals surface area contributed by atoms with Crippen molar-refractivity contribution in [2.24, 2.45) is 0 Å². The maximum atomic E-state index is 12.8. The molecule has 0 amide bonds. The van der Waals surface area contributed by atoms with Crippen molar-refractivity contribution < 1.29 is 9.53 Å². The van der Waals surface area contributed by atoms with Gasteiger partial charge < -0.3 is 14.3 Å². The summed E-state index contributed by atoms with van der Waals surface area (Å²) >= 11 is 15.2. The highest BCUT2D eigenvalue weighted by atomic mass is 79.9. The lowest BCUT2D eigenvalue weighted by molar-refractivity contribution is -0.146. The van der Waals surface area contributed by atoms with Crippen molar-refractivity contribution in [3.8, 4) is 0 Å². The molecule has 1 aliphatic heterocycles. The molecule has 1 N–H and O–H groups in total. The molecular formula is C17H16BrClN4O2S. The molecule has 1 aromatic carbocycles. The van der Waals surface area contributed by atoms with Crippen LogP contribution in [-0.4, -0.2) is 31.9 Å². The molecule has 0 bridgehead atoms.